The van der Waals surface area contributed by atoms with Crippen molar-refractivity contribution in [3.05, 3.63) is 54.5 Å². The molecule has 0 radical (unpaired) electrons. The van der Waals surface area contributed by atoms with Gasteiger partial charge in [0.2, 0.25) is 0 Å². The standard InChI is InChI=1S/C20H20F3N5/c1-14-7-9-27(10-8-14)18-12-19(25-13-24-18)28-16(15-5-3-2-4-6-15)11-17(26-28)20(21,22)23/h2-6,11-14H,7-10H2,1H3. The molecule has 0 atom stereocenters. The highest BCUT2D eigenvalue weighted by molar-refractivity contribution is 5.62. The van der Waals surface area contributed by atoms with Crippen molar-refractivity contribution in [3.63, 3.8) is 0 Å². The number of hydrogen-bond donors (Lipinski definition) is 0. The van der Waals surface area contributed by atoms with Crippen molar-refractivity contribution in [1.82, 2.24) is 19.7 Å². The summed E-state index contributed by atoms with van der Waals surface area (Å²) in [7, 11) is 0. The molecule has 1 aliphatic heterocycles. The molecule has 0 spiro atoms. The molecule has 1 saturated heterocycles. The molecule has 3 aromatic rings. The lowest BCUT2D eigenvalue weighted by Gasteiger charge is -2.31. The Morgan fingerprint density at radius 3 is 2.32 bits per heavy atom. The maximum absolute atomic E-state index is 13.3. The average Bonchev–Trinajstić information content (AvgIpc) is 3.15. The van der Waals surface area contributed by atoms with Crippen LogP contribution in [0.4, 0.5) is 19.0 Å². The van der Waals surface area contributed by atoms with Gasteiger partial charge in [-0.25, -0.2) is 14.6 Å². The average molecular weight is 387 g/mol. The highest BCUT2D eigenvalue weighted by Gasteiger charge is 2.35. The zero-order valence-corrected chi connectivity index (χ0v) is 15.4. The van der Waals surface area contributed by atoms with E-state index in [0.717, 1.165) is 32.0 Å². The quantitative estimate of drug-likeness (QED) is 0.660. The van der Waals surface area contributed by atoms with Crippen molar-refractivity contribution in [1.29, 1.82) is 0 Å². The Hall–Kier alpha value is -2.90. The van der Waals surface area contributed by atoms with Gasteiger partial charge in [0.1, 0.15) is 12.1 Å². The third-order valence-electron chi connectivity index (χ3n) is 5.03. The fraction of sp³-hybridized carbons (Fsp3) is 0.350. The van der Waals surface area contributed by atoms with Crippen molar-refractivity contribution in [2.24, 2.45) is 5.92 Å². The summed E-state index contributed by atoms with van der Waals surface area (Å²) in [5, 5.41) is 3.81. The molecule has 0 saturated carbocycles. The van der Waals surface area contributed by atoms with Gasteiger partial charge in [-0.05, 0) is 24.8 Å². The van der Waals surface area contributed by atoms with Crippen LogP contribution >= 0.6 is 0 Å². The lowest BCUT2D eigenvalue weighted by molar-refractivity contribution is -0.141. The summed E-state index contributed by atoms with van der Waals surface area (Å²) >= 11 is 0. The molecule has 0 amide bonds. The van der Waals surface area contributed by atoms with E-state index in [4.69, 9.17) is 0 Å². The lowest BCUT2D eigenvalue weighted by atomic mass is 9.99. The van der Waals surface area contributed by atoms with E-state index in [9.17, 15) is 13.2 Å². The van der Waals surface area contributed by atoms with E-state index in [0.29, 0.717) is 28.8 Å². The number of aromatic nitrogens is 4. The van der Waals surface area contributed by atoms with Gasteiger partial charge < -0.3 is 4.90 Å². The summed E-state index contributed by atoms with van der Waals surface area (Å²) in [6.45, 7) is 3.96. The molecular formula is C20H20F3N5. The predicted octanol–water partition coefficient (Wildman–Crippen LogP) is 4.58. The molecule has 4 rings (SSSR count). The number of benzene rings is 1. The molecule has 2 aromatic heterocycles. The molecular weight excluding hydrogens is 367 g/mol. The minimum absolute atomic E-state index is 0.318. The van der Waals surface area contributed by atoms with Gasteiger partial charge in [0.25, 0.3) is 0 Å². The molecule has 28 heavy (non-hydrogen) atoms. The van der Waals surface area contributed by atoms with E-state index in [-0.39, 0.29) is 0 Å². The zero-order chi connectivity index (χ0) is 19.7. The van der Waals surface area contributed by atoms with Gasteiger partial charge in [0.05, 0.1) is 5.69 Å². The number of nitrogens with zero attached hydrogens (tertiary/aromatic N) is 5. The number of anilines is 1. The summed E-state index contributed by atoms with van der Waals surface area (Å²) in [5.74, 6) is 1.70. The van der Waals surface area contributed by atoms with Crippen molar-refractivity contribution < 1.29 is 13.2 Å². The van der Waals surface area contributed by atoms with Crippen molar-refractivity contribution in [2.75, 3.05) is 18.0 Å². The molecule has 0 aliphatic carbocycles. The third kappa shape index (κ3) is 3.72. The van der Waals surface area contributed by atoms with Crippen LogP contribution in [0.15, 0.2) is 48.8 Å². The molecule has 8 heteroatoms. The maximum atomic E-state index is 13.3. The van der Waals surface area contributed by atoms with Gasteiger partial charge in [-0.15, -0.1) is 0 Å². The number of halogens is 3. The first kappa shape index (κ1) is 18.5. The van der Waals surface area contributed by atoms with Crippen LogP contribution in [0.1, 0.15) is 25.5 Å². The van der Waals surface area contributed by atoms with Crippen LogP contribution in [-0.4, -0.2) is 32.8 Å². The van der Waals surface area contributed by atoms with Gasteiger partial charge in [-0.1, -0.05) is 37.3 Å². The molecule has 1 aromatic carbocycles. The van der Waals surface area contributed by atoms with Gasteiger partial charge >= 0.3 is 6.18 Å². The molecule has 1 fully saturated rings. The van der Waals surface area contributed by atoms with E-state index < -0.39 is 11.9 Å². The molecule has 0 N–H and O–H groups in total. The van der Waals surface area contributed by atoms with Crippen LogP contribution < -0.4 is 4.90 Å². The Kier molecular flexibility index (Phi) is 4.78. The predicted molar refractivity (Wildman–Crippen MR) is 100 cm³/mol. The normalized spacial score (nSPS) is 15.8. The summed E-state index contributed by atoms with van der Waals surface area (Å²) in [5.41, 5.74) is 0.0283. The van der Waals surface area contributed by atoms with Crippen LogP contribution in [0.5, 0.6) is 0 Å². The lowest BCUT2D eigenvalue weighted by Crippen LogP contribution is -2.33. The summed E-state index contributed by atoms with van der Waals surface area (Å²) in [6.07, 6.45) is -1.02. The van der Waals surface area contributed by atoms with Crippen LogP contribution in [0.25, 0.3) is 17.1 Å². The fourth-order valence-electron chi connectivity index (χ4n) is 3.37. The van der Waals surface area contributed by atoms with Crippen LogP contribution in [0.2, 0.25) is 0 Å². The minimum Gasteiger partial charge on any atom is -0.356 e. The molecule has 3 heterocycles. The highest BCUT2D eigenvalue weighted by atomic mass is 19.4. The van der Waals surface area contributed by atoms with E-state index >= 15 is 0 Å². The second-order valence-electron chi connectivity index (χ2n) is 7.09. The molecule has 146 valence electrons. The number of alkyl halides is 3. The molecule has 0 unspecified atom stereocenters. The maximum Gasteiger partial charge on any atom is 0.435 e. The third-order valence-corrected chi connectivity index (χ3v) is 5.03. The first-order chi connectivity index (χ1) is 13.4. The second-order valence-corrected chi connectivity index (χ2v) is 7.09. The first-order valence-electron chi connectivity index (χ1n) is 9.22. The van der Waals surface area contributed by atoms with Gasteiger partial charge in [0.15, 0.2) is 11.5 Å². The number of hydrogen-bond acceptors (Lipinski definition) is 4. The van der Waals surface area contributed by atoms with Gasteiger partial charge in [-0.3, -0.25) is 0 Å². The molecule has 5 nitrogen and oxygen atoms in total. The minimum atomic E-state index is -4.53. The first-order valence-corrected chi connectivity index (χ1v) is 9.22. The smallest absolute Gasteiger partial charge is 0.356 e. The van der Waals surface area contributed by atoms with E-state index in [1.54, 1.807) is 30.3 Å². The molecule has 0 bridgehead atoms. The summed E-state index contributed by atoms with van der Waals surface area (Å²) < 4.78 is 41.2. The Morgan fingerprint density at radius 1 is 0.964 bits per heavy atom. The Labute approximate surface area is 160 Å². The Balaban J connectivity index is 1.76. The highest BCUT2D eigenvalue weighted by Crippen LogP contribution is 2.33. The Bertz CT molecular complexity index is 944. The Morgan fingerprint density at radius 2 is 1.64 bits per heavy atom. The van der Waals surface area contributed by atoms with Crippen LogP contribution in [-0.2, 0) is 6.18 Å². The summed E-state index contributed by atoms with van der Waals surface area (Å²) in [6, 6.07) is 11.6. The van der Waals surface area contributed by atoms with E-state index in [1.165, 1.54) is 11.0 Å². The number of piperidine rings is 1. The van der Waals surface area contributed by atoms with Crippen LogP contribution in [0.3, 0.4) is 0 Å². The zero-order valence-electron chi connectivity index (χ0n) is 15.4. The van der Waals surface area contributed by atoms with E-state index in [2.05, 4.69) is 26.9 Å². The summed E-state index contributed by atoms with van der Waals surface area (Å²) in [4.78, 5) is 10.7. The SMILES string of the molecule is CC1CCN(c2cc(-n3nc(C(F)(F)F)cc3-c3ccccc3)ncn2)CC1. The topological polar surface area (TPSA) is 46.8 Å². The largest absolute Gasteiger partial charge is 0.435 e. The second kappa shape index (κ2) is 7.26. The van der Waals surface area contributed by atoms with Crippen LogP contribution in [0, 0.1) is 5.92 Å². The van der Waals surface area contributed by atoms with Crippen molar-refractivity contribution in [3.8, 4) is 17.1 Å². The molecule has 1 aliphatic rings. The number of rotatable bonds is 3. The van der Waals surface area contributed by atoms with E-state index in [1.807, 2.05) is 6.07 Å². The van der Waals surface area contributed by atoms with Gasteiger partial charge in [-0.2, -0.15) is 18.3 Å². The fourth-order valence-corrected chi connectivity index (χ4v) is 3.37. The van der Waals surface area contributed by atoms with Crippen molar-refractivity contribution >= 4 is 5.82 Å². The monoisotopic (exact) mass is 387 g/mol. The van der Waals surface area contributed by atoms with Crippen molar-refractivity contribution in [2.45, 2.75) is 25.9 Å². The van der Waals surface area contributed by atoms with Gasteiger partial charge in [0, 0.05) is 24.7 Å².